The Morgan fingerprint density at radius 1 is 0.224 bits per heavy atom. The van der Waals surface area contributed by atoms with E-state index in [1.807, 2.05) is 72.8 Å². The monoisotopic (exact) mass is 1020 g/mol. The molecule has 348 valence electrons. The van der Waals surface area contributed by atoms with Gasteiger partial charge in [-0.25, -0.2) is 87.8 Å². The normalized spacial score (nSPS) is 11.5. The van der Waals surface area contributed by atoms with Crippen molar-refractivity contribution in [1.82, 2.24) is 0 Å². The highest BCUT2D eigenvalue weighted by molar-refractivity contribution is 7.20. The quantitative estimate of drug-likeness (QED) is 0.0373. The minimum absolute atomic E-state index is 0.718. The fourth-order valence-corrected chi connectivity index (χ4v) is 7.60. The Morgan fingerprint density at radius 3 is 0.507 bits per heavy atom. The number of benzene rings is 7. The van der Waals surface area contributed by atoms with E-state index >= 15 is 35.1 Å². The molecule has 0 saturated carbocycles. The third-order valence-corrected chi connectivity index (χ3v) is 10.9. The zero-order valence-corrected chi connectivity index (χ0v) is 34.0. The summed E-state index contributed by atoms with van der Waals surface area (Å²) in [7, 11) is 0. The van der Waals surface area contributed by atoms with E-state index < -0.39 is 144 Å². The van der Waals surface area contributed by atoms with Crippen LogP contribution >= 0.6 is 34.8 Å². The van der Waals surface area contributed by atoms with E-state index in [1.165, 1.54) is 0 Å². The molecule has 7 aromatic carbocycles. The van der Waals surface area contributed by atoms with Crippen molar-refractivity contribution in [3.8, 4) is 0 Å². The molecule has 7 aromatic rings. The van der Waals surface area contributed by atoms with Crippen molar-refractivity contribution in [2.45, 2.75) is 0 Å². The molecule has 0 aromatic heterocycles. The standard InChI is InChI=1S/C24BF20.C19H12Cl3/c26-5-1(6(27)14(35)21(42)13(5)34)25(2-7(28)15(36)22(43)16(37)8(2)29,3-9(30)17(38)23(44)18(39)10(3)31)4-11(32)19(40)24(45)20(41)12(4)33;20-16-7-1-13(2-8-16)19(14-3-9-17(21)10-4-14)15-5-11-18(22)12-6-15/h;1-12H/q-1;+1. The third-order valence-electron chi connectivity index (χ3n) is 10.1. The molecule has 0 heterocycles. The van der Waals surface area contributed by atoms with Crippen LogP contribution in [0.1, 0.15) is 16.7 Å². The smallest absolute Gasteiger partial charge is 0.200 e. The highest BCUT2D eigenvalue weighted by Crippen LogP contribution is 2.34. The van der Waals surface area contributed by atoms with Crippen molar-refractivity contribution in [1.29, 1.82) is 0 Å². The van der Waals surface area contributed by atoms with E-state index in [9.17, 15) is 52.7 Å². The van der Waals surface area contributed by atoms with Gasteiger partial charge >= 0.3 is 0 Å². The van der Waals surface area contributed by atoms with E-state index in [4.69, 9.17) is 34.8 Å². The Kier molecular flexibility index (Phi) is 14.2. The number of halogens is 23. The van der Waals surface area contributed by atoms with Crippen molar-refractivity contribution in [2.75, 3.05) is 0 Å². The molecule has 0 unspecified atom stereocenters. The van der Waals surface area contributed by atoms with Gasteiger partial charge in [-0.1, -0.05) is 34.8 Å². The average molecular weight is 1030 g/mol. The second-order valence-corrected chi connectivity index (χ2v) is 15.0. The lowest BCUT2D eigenvalue weighted by molar-refractivity contribution is 0.378. The number of hydrogen-bond donors (Lipinski definition) is 0. The van der Waals surface area contributed by atoms with Gasteiger partial charge in [-0.2, -0.15) is 0 Å². The molecule has 0 amide bonds. The van der Waals surface area contributed by atoms with E-state index in [0.29, 0.717) is 0 Å². The fourth-order valence-electron chi connectivity index (χ4n) is 7.22. The topological polar surface area (TPSA) is 0 Å². The maximum atomic E-state index is 15.4. The minimum atomic E-state index is -7.22. The third kappa shape index (κ3) is 8.28. The van der Waals surface area contributed by atoms with Gasteiger partial charge in [-0.05, 0) is 72.8 Å². The zero-order chi connectivity index (χ0) is 49.9. The molecule has 0 atom stereocenters. The molecule has 0 aliphatic heterocycles. The van der Waals surface area contributed by atoms with Crippen LogP contribution in [0.4, 0.5) is 87.8 Å². The summed E-state index contributed by atoms with van der Waals surface area (Å²) in [6.07, 6.45) is -7.22. The Hall–Kier alpha value is -6.06. The van der Waals surface area contributed by atoms with Crippen molar-refractivity contribution >= 4 is 62.8 Å². The van der Waals surface area contributed by atoms with Crippen LogP contribution in [0.15, 0.2) is 72.8 Å². The summed E-state index contributed by atoms with van der Waals surface area (Å²) in [5.74, 6) is -70.3. The van der Waals surface area contributed by atoms with Crippen LogP contribution in [0.25, 0.3) is 0 Å². The summed E-state index contributed by atoms with van der Waals surface area (Å²) >= 11 is 18.0. The molecular weight excluding hydrogens is 1010 g/mol. The van der Waals surface area contributed by atoms with Gasteiger partial charge in [0.25, 0.3) is 0 Å². The fraction of sp³-hybridized carbons (Fsp3) is 0. The van der Waals surface area contributed by atoms with Gasteiger partial charge in [0.1, 0.15) is 52.7 Å². The molecule has 0 N–H and O–H groups in total. The molecule has 0 fully saturated rings. The van der Waals surface area contributed by atoms with Gasteiger partial charge in [-0.3, -0.25) is 0 Å². The van der Waals surface area contributed by atoms with Crippen LogP contribution in [0.2, 0.25) is 15.1 Å². The Bertz CT molecular complexity index is 2600. The molecule has 0 saturated heterocycles. The molecule has 0 bridgehead atoms. The molecule has 0 radical (unpaired) electrons. The Labute approximate surface area is 376 Å². The molecule has 0 aliphatic rings. The van der Waals surface area contributed by atoms with E-state index in [1.54, 1.807) is 0 Å². The van der Waals surface area contributed by atoms with Crippen molar-refractivity contribution < 1.29 is 87.8 Å². The molecule has 0 aliphatic carbocycles. The van der Waals surface area contributed by atoms with Crippen LogP contribution in [-0.2, 0) is 0 Å². The number of hydrogen-bond acceptors (Lipinski definition) is 0. The average Bonchev–Trinajstić information content (AvgIpc) is 3.31. The largest absolute Gasteiger partial charge is 0.207 e. The van der Waals surface area contributed by atoms with Crippen molar-refractivity contribution in [3.63, 3.8) is 0 Å². The molecular formula is C43H12BCl3F20. The number of rotatable bonds is 7. The van der Waals surface area contributed by atoms with Gasteiger partial charge in [-0.15, -0.1) is 21.9 Å². The lowest BCUT2D eigenvalue weighted by Gasteiger charge is -2.44. The van der Waals surface area contributed by atoms with Gasteiger partial charge < -0.3 is 0 Å². The Morgan fingerprint density at radius 2 is 0.358 bits per heavy atom. The predicted octanol–water partition coefficient (Wildman–Crippen LogP) is 12.5. The van der Waals surface area contributed by atoms with Crippen LogP contribution in [-0.4, -0.2) is 6.15 Å². The van der Waals surface area contributed by atoms with Gasteiger partial charge in [0.2, 0.25) is 0 Å². The first-order chi connectivity index (χ1) is 31.3. The molecule has 7 rings (SSSR count). The maximum Gasteiger partial charge on any atom is 0.200 e. The Balaban J connectivity index is 0.000000279. The first-order valence-corrected chi connectivity index (χ1v) is 18.8. The highest BCUT2D eigenvalue weighted by atomic mass is 35.5. The second-order valence-electron chi connectivity index (χ2n) is 13.7. The summed E-state index contributed by atoms with van der Waals surface area (Å²) in [6, 6.07) is 23.4. The minimum Gasteiger partial charge on any atom is -0.207 e. The SMILES string of the molecule is Clc1ccc([C+](c2ccc(Cl)cc2)c2ccc(Cl)cc2)cc1.Fc1c(F)c(F)c([B-](c2c(F)c(F)c(F)c(F)c2F)(c2c(F)c(F)c(F)c(F)c2F)c2c(F)c(F)c(F)c(F)c2F)c(F)c1F. The summed E-state index contributed by atoms with van der Waals surface area (Å²) < 4.78 is 294. The molecule has 67 heavy (non-hydrogen) atoms. The van der Waals surface area contributed by atoms with Crippen molar-refractivity contribution in [2.24, 2.45) is 0 Å². The molecule has 24 heteroatoms. The first kappa shape index (κ1) is 50.4. The predicted molar refractivity (Wildman–Crippen MR) is 204 cm³/mol. The van der Waals surface area contributed by atoms with Crippen molar-refractivity contribution in [3.05, 3.63) is 227 Å². The highest BCUT2D eigenvalue weighted by Gasteiger charge is 2.52. The lowest BCUT2D eigenvalue weighted by Crippen LogP contribution is -2.81. The van der Waals surface area contributed by atoms with E-state index in [-0.39, 0.29) is 0 Å². The first-order valence-electron chi connectivity index (χ1n) is 17.7. The summed E-state index contributed by atoms with van der Waals surface area (Å²) in [5.41, 5.74) is -11.1. The summed E-state index contributed by atoms with van der Waals surface area (Å²) in [5, 5.41) is 2.15. The molecule has 0 spiro atoms. The lowest BCUT2D eigenvalue weighted by atomic mass is 9.12. The maximum absolute atomic E-state index is 15.4. The van der Waals surface area contributed by atoms with Crippen LogP contribution in [0.3, 0.4) is 0 Å². The van der Waals surface area contributed by atoms with Crippen LogP contribution in [0.5, 0.6) is 0 Å². The van der Waals surface area contributed by atoms with Gasteiger partial charge in [0.15, 0.2) is 69.8 Å². The van der Waals surface area contributed by atoms with Crippen LogP contribution < -0.4 is 21.9 Å². The summed E-state index contributed by atoms with van der Waals surface area (Å²) in [6.45, 7) is 0. The zero-order valence-electron chi connectivity index (χ0n) is 31.7. The van der Waals surface area contributed by atoms with E-state index in [0.717, 1.165) is 37.7 Å². The molecule has 0 nitrogen and oxygen atoms in total. The van der Waals surface area contributed by atoms with Gasteiger partial charge in [0.05, 0.1) is 37.7 Å². The summed E-state index contributed by atoms with van der Waals surface area (Å²) in [4.78, 5) is 0. The second kappa shape index (κ2) is 18.9. The van der Waals surface area contributed by atoms with E-state index in [2.05, 4.69) is 0 Å². The van der Waals surface area contributed by atoms with Crippen LogP contribution in [0, 0.1) is 122 Å². The van der Waals surface area contributed by atoms with Gasteiger partial charge in [0, 0.05) is 0 Å².